The van der Waals surface area contributed by atoms with E-state index in [1.54, 1.807) is 23.2 Å². The smallest absolute Gasteiger partial charge is 0.328 e. The number of hydrogen-bond acceptors (Lipinski definition) is 3. The van der Waals surface area contributed by atoms with Gasteiger partial charge in [-0.05, 0) is 28.5 Å². The predicted molar refractivity (Wildman–Crippen MR) is 119 cm³/mol. The van der Waals surface area contributed by atoms with Gasteiger partial charge >= 0.3 is 5.69 Å². The van der Waals surface area contributed by atoms with Crippen molar-refractivity contribution < 1.29 is 4.79 Å². The van der Waals surface area contributed by atoms with Crippen molar-refractivity contribution >= 4 is 39.1 Å². The summed E-state index contributed by atoms with van der Waals surface area (Å²) >= 11 is 0. The highest BCUT2D eigenvalue weighted by molar-refractivity contribution is 6.01. The van der Waals surface area contributed by atoms with E-state index in [-0.39, 0.29) is 18.0 Å². The third kappa shape index (κ3) is 3.27. The predicted octanol–water partition coefficient (Wildman–Crippen LogP) is 3.28. The fourth-order valence-corrected chi connectivity index (χ4v) is 3.82. The number of anilines is 2. The van der Waals surface area contributed by atoms with Crippen molar-refractivity contribution in [2.75, 3.05) is 24.3 Å². The molecule has 29 heavy (non-hydrogen) atoms. The van der Waals surface area contributed by atoms with Gasteiger partial charge in [-0.3, -0.25) is 13.9 Å². The zero-order valence-corrected chi connectivity index (χ0v) is 17.1. The van der Waals surface area contributed by atoms with E-state index in [1.165, 1.54) is 0 Å². The molecule has 1 heterocycles. The molecule has 6 nitrogen and oxygen atoms in total. The molecule has 0 atom stereocenters. The second-order valence-electron chi connectivity index (χ2n) is 7.52. The standard InChI is InChI=1S/C23H24N4O2/c1-25(2)19-14-21-20(26(3)23(29)27(21)4)13-18(19)24-22(28)12-16-10-7-9-15-8-5-6-11-17(15)16/h5-11,13-14H,12H2,1-4H3,(H,24,28). The average Bonchev–Trinajstić information content (AvgIpc) is 2.91. The molecule has 148 valence electrons. The molecule has 1 amide bonds. The van der Waals surface area contributed by atoms with Crippen molar-refractivity contribution in [2.24, 2.45) is 14.1 Å². The zero-order valence-electron chi connectivity index (χ0n) is 17.1. The van der Waals surface area contributed by atoms with Crippen molar-refractivity contribution in [3.05, 3.63) is 70.6 Å². The summed E-state index contributed by atoms with van der Waals surface area (Å²) in [6.07, 6.45) is 0.278. The first-order chi connectivity index (χ1) is 13.9. The van der Waals surface area contributed by atoms with Crippen molar-refractivity contribution in [1.29, 1.82) is 0 Å². The van der Waals surface area contributed by atoms with Gasteiger partial charge in [0, 0.05) is 28.2 Å². The van der Waals surface area contributed by atoms with Gasteiger partial charge in [0.2, 0.25) is 5.91 Å². The third-order valence-corrected chi connectivity index (χ3v) is 5.38. The fourth-order valence-electron chi connectivity index (χ4n) is 3.82. The number of carbonyl (C=O) groups excluding carboxylic acids is 1. The first kappa shape index (κ1) is 18.8. The largest absolute Gasteiger partial charge is 0.376 e. The van der Waals surface area contributed by atoms with Crippen LogP contribution < -0.4 is 15.9 Å². The van der Waals surface area contributed by atoms with E-state index in [0.29, 0.717) is 5.69 Å². The summed E-state index contributed by atoms with van der Waals surface area (Å²) in [6, 6.07) is 17.9. The number of amides is 1. The van der Waals surface area contributed by atoms with Gasteiger partial charge in [-0.25, -0.2) is 4.79 Å². The molecule has 3 aromatic carbocycles. The Bertz CT molecular complexity index is 1290. The van der Waals surface area contributed by atoms with Gasteiger partial charge in [-0.1, -0.05) is 42.5 Å². The number of fused-ring (bicyclic) bond motifs is 2. The van der Waals surface area contributed by atoms with E-state index in [9.17, 15) is 9.59 Å². The molecular formula is C23H24N4O2. The van der Waals surface area contributed by atoms with Crippen molar-refractivity contribution in [3.63, 3.8) is 0 Å². The molecule has 4 aromatic rings. The third-order valence-electron chi connectivity index (χ3n) is 5.38. The Labute approximate surface area is 169 Å². The quantitative estimate of drug-likeness (QED) is 0.584. The van der Waals surface area contributed by atoms with Gasteiger partial charge in [0.05, 0.1) is 28.8 Å². The molecule has 6 heteroatoms. The minimum Gasteiger partial charge on any atom is -0.376 e. The first-order valence-corrected chi connectivity index (χ1v) is 9.50. The molecule has 1 aromatic heterocycles. The highest BCUT2D eigenvalue weighted by atomic mass is 16.2. The number of hydrogen-bond donors (Lipinski definition) is 1. The van der Waals surface area contributed by atoms with Crippen molar-refractivity contribution in [2.45, 2.75) is 6.42 Å². The number of aromatic nitrogens is 2. The lowest BCUT2D eigenvalue weighted by Crippen LogP contribution is -2.19. The van der Waals surface area contributed by atoms with Crippen LogP contribution in [0.4, 0.5) is 11.4 Å². The molecule has 0 bridgehead atoms. The molecule has 0 aliphatic carbocycles. The lowest BCUT2D eigenvalue weighted by molar-refractivity contribution is -0.115. The molecule has 0 aliphatic heterocycles. The Morgan fingerprint density at radius 3 is 2.34 bits per heavy atom. The maximum absolute atomic E-state index is 12.9. The molecule has 0 radical (unpaired) electrons. The van der Waals surface area contributed by atoms with E-state index < -0.39 is 0 Å². The van der Waals surface area contributed by atoms with Crippen LogP contribution in [0.25, 0.3) is 21.8 Å². The molecule has 0 saturated heterocycles. The Kier molecular flexibility index (Phi) is 4.62. The lowest BCUT2D eigenvalue weighted by Gasteiger charge is -2.19. The van der Waals surface area contributed by atoms with Crippen LogP contribution in [-0.4, -0.2) is 29.1 Å². The number of imidazole rings is 1. The molecule has 0 aliphatic rings. The maximum Gasteiger partial charge on any atom is 0.328 e. The molecule has 0 saturated carbocycles. The number of aryl methyl sites for hydroxylation is 2. The summed E-state index contributed by atoms with van der Waals surface area (Å²) in [6.45, 7) is 0. The van der Waals surface area contributed by atoms with Crippen molar-refractivity contribution in [1.82, 2.24) is 9.13 Å². The van der Waals surface area contributed by atoms with Gasteiger partial charge in [-0.15, -0.1) is 0 Å². The summed E-state index contributed by atoms with van der Waals surface area (Å²) in [5.41, 5.74) is 4.04. The maximum atomic E-state index is 12.9. The normalized spacial score (nSPS) is 11.2. The molecule has 0 fully saturated rings. The van der Waals surface area contributed by atoms with Crippen LogP contribution in [0.1, 0.15) is 5.56 Å². The molecule has 0 unspecified atom stereocenters. The molecule has 4 rings (SSSR count). The highest BCUT2D eigenvalue weighted by Crippen LogP contribution is 2.30. The van der Waals surface area contributed by atoms with Crippen LogP contribution >= 0.6 is 0 Å². The minimum atomic E-state index is -0.0936. The van der Waals surface area contributed by atoms with Crippen LogP contribution in [0, 0.1) is 0 Å². The van der Waals surface area contributed by atoms with Gasteiger partial charge in [0.1, 0.15) is 0 Å². The summed E-state index contributed by atoms with van der Waals surface area (Å²) in [7, 11) is 7.33. The number of carbonyl (C=O) groups is 1. The Balaban J connectivity index is 1.71. The molecule has 1 N–H and O–H groups in total. The van der Waals surface area contributed by atoms with E-state index >= 15 is 0 Å². The monoisotopic (exact) mass is 388 g/mol. The van der Waals surface area contributed by atoms with Gasteiger partial charge in [-0.2, -0.15) is 0 Å². The van der Waals surface area contributed by atoms with Crippen LogP contribution in [0.15, 0.2) is 59.4 Å². The molecular weight excluding hydrogens is 364 g/mol. The highest BCUT2D eigenvalue weighted by Gasteiger charge is 2.16. The number of benzene rings is 3. The minimum absolute atomic E-state index is 0.0928. The van der Waals surface area contributed by atoms with Gasteiger partial charge in [0.15, 0.2) is 0 Å². The summed E-state index contributed by atoms with van der Waals surface area (Å²) in [5, 5.41) is 5.25. The van der Waals surface area contributed by atoms with Gasteiger partial charge < -0.3 is 10.2 Å². The lowest BCUT2D eigenvalue weighted by atomic mass is 10.0. The van der Waals surface area contributed by atoms with Gasteiger partial charge in [0.25, 0.3) is 0 Å². The second kappa shape index (κ2) is 7.13. The Morgan fingerprint density at radius 1 is 0.966 bits per heavy atom. The number of nitrogens with one attached hydrogen (secondary N) is 1. The first-order valence-electron chi connectivity index (χ1n) is 9.50. The van der Waals surface area contributed by atoms with Crippen LogP contribution in [0.5, 0.6) is 0 Å². The second-order valence-corrected chi connectivity index (χ2v) is 7.52. The Hall–Kier alpha value is -3.54. The van der Waals surface area contributed by atoms with E-state index in [4.69, 9.17) is 0 Å². The summed E-state index contributed by atoms with van der Waals surface area (Å²) in [5.74, 6) is -0.0928. The Morgan fingerprint density at radius 2 is 1.62 bits per heavy atom. The fraction of sp³-hybridized carbons (Fsp3) is 0.217. The summed E-state index contributed by atoms with van der Waals surface area (Å²) in [4.78, 5) is 27.1. The number of rotatable bonds is 4. The van der Waals surface area contributed by atoms with Crippen LogP contribution in [0.2, 0.25) is 0 Å². The molecule has 0 spiro atoms. The SMILES string of the molecule is CN(C)c1cc2c(cc1NC(=O)Cc1cccc3ccccc13)n(C)c(=O)n2C. The van der Waals surface area contributed by atoms with E-state index in [2.05, 4.69) is 5.32 Å². The topological polar surface area (TPSA) is 59.3 Å². The summed E-state index contributed by atoms with van der Waals surface area (Å²) < 4.78 is 3.21. The van der Waals surface area contributed by atoms with Crippen LogP contribution in [-0.2, 0) is 25.3 Å². The van der Waals surface area contributed by atoms with E-state index in [1.807, 2.05) is 73.6 Å². The van der Waals surface area contributed by atoms with Crippen LogP contribution in [0.3, 0.4) is 0 Å². The number of nitrogens with zero attached hydrogens (tertiary/aromatic N) is 3. The van der Waals surface area contributed by atoms with E-state index in [0.717, 1.165) is 33.1 Å². The zero-order chi connectivity index (χ0) is 20.7. The average molecular weight is 388 g/mol. The van der Waals surface area contributed by atoms with Crippen molar-refractivity contribution in [3.8, 4) is 0 Å².